The highest BCUT2D eigenvalue weighted by Crippen LogP contribution is 2.26. The predicted molar refractivity (Wildman–Crippen MR) is 154 cm³/mol. The number of nitriles is 1. The van der Waals surface area contributed by atoms with Crippen LogP contribution in [0.5, 0.6) is 11.6 Å². The smallest absolute Gasteiger partial charge is 0.337 e. The third-order valence-corrected chi connectivity index (χ3v) is 7.93. The molecule has 1 atom stereocenters. The van der Waals surface area contributed by atoms with E-state index >= 15 is 0 Å². The minimum atomic E-state index is -0.707. The molecule has 2 saturated heterocycles. The van der Waals surface area contributed by atoms with E-state index in [0.29, 0.717) is 18.7 Å². The molecule has 0 bridgehead atoms. The minimum absolute atomic E-state index is 0.00611. The maximum absolute atomic E-state index is 14.4. The third-order valence-electron chi connectivity index (χ3n) is 7.93. The van der Waals surface area contributed by atoms with E-state index < -0.39 is 17.6 Å². The van der Waals surface area contributed by atoms with E-state index in [-0.39, 0.29) is 41.7 Å². The first-order chi connectivity index (χ1) is 21.4. The number of hydrogen-bond donors (Lipinski definition) is 0. The van der Waals surface area contributed by atoms with Gasteiger partial charge in [-0.3, -0.25) is 4.90 Å². The van der Waals surface area contributed by atoms with Crippen molar-refractivity contribution in [2.45, 2.75) is 51.2 Å². The number of piperidine rings is 1. The molecule has 228 valence electrons. The molecular weight excluding hydrogens is 572 g/mol. The summed E-state index contributed by atoms with van der Waals surface area (Å²) in [5.41, 5.74) is 2.32. The lowest BCUT2D eigenvalue weighted by Crippen LogP contribution is -2.39. The SMILES string of the molecule is COC(=O)c1ccc2nc(CN3CCC(Oc4ccc(F)c(COc5ccc(C#N)cc5F)n4)CC3)n(CC3CCO3)c2c1. The van der Waals surface area contributed by atoms with E-state index in [0.717, 1.165) is 61.9 Å². The number of pyridine rings is 1. The molecule has 0 amide bonds. The molecule has 2 aromatic heterocycles. The van der Waals surface area contributed by atoms with Crippen molar-refractivity contribution in [3.05, 3.63) is 82.8 Å². The van der Waals surface area contributed by atoms with Crippen LogP contribution in [-0.4, -0.2) is 64.4 Å². The topological polar surface area (TPSA) is 112 Å². The second kappa shape index (κ2) is 13.0. The number of likely N-dealkylation sites (tertiary alicyclic amines) is 1. The fourth-order valence-corrected chi connectivity index (χ4v) is 5.39. The molecule has 2 aliphatic heterocycles. The van der Waals surface area contributed by atoms with Crippen LogP contribution in [0.15, 0.2) is 48.5 Å². The van der Waals surface area contributed by atoms with Crippen LogP contribution in [-0.2, 0) is 29.2 Å². The highest BCUT2D eigenvalue weighted by atomic mass is 19.1. The molecule has 0 spiro atoms. The van der Waals surface area contributed by atoms with Crippen LogP contribution in [0.1, 0.15) is 46.7 Å². The zero-order valence-corrected chi connectivity index (χ0v) is 24.2. The van der Waals surface area contributed by atoms with Gasteiger partial charge in [0.25, 0.3) is 0 Å². The van der Waals surface area contributed by atoms with Crippen LogP contribution >= 0.6 is 0 Å². The molecule has 10 nitrogen and oxygen atoms in total. The van der Waals surface area contributed by atoms with Gasteiger partial charge in [0.2, 0.25) is 5.88 Å². The summed E-state index contributed by atoms with van der Waals surface area (Å²) in [4.78, 5) is 23.6. The van der Waals surface area contributed by atoms with Crippen LogP contribution in [0.4, 0.5) is 8.78 Å². The quantitative estimate of drug-likeness (QED) is 0.237. The second-order valence-corrected chi connectivity index (χ2v) is 10.8. The number of benzene rings is 2. The number of nitrogens with zero attached hydrogens (tertiary/aromatic N) is 5. The summed E-state index contributed by atoms with van der Waals surface area (Å²) in [6.45, 7) is 3.27. The number of ether oxygens (including phenoxy) is 4. The van der Waals surface area contributed by atoms with E-state index in [4.69, 9.17) is 29.2 Å². The lowest BCUT2D eigenvalue weighted by molar-refractivity contribution is -0.0592. The number of methoxy groups -OCH3 is 1. The molecule has 2 aliphatic rings. The molecule has 4 aromatic rings. The van der Waals surface area contributed by atoms with Gasteiger partial charge in [-0.05, 0) is 61.7 Å². The second-order valence-electron chi connectivity index (χ2n) is 10.8. The Kier molecular flexibility index (Phi) is 8.67. The van der Waals surface area contributed by atoms with Gasteiger partial charge >= 0.3 is 5.97 Å². The van der Waals surface area contributed by atoms with Gasteiger partial charge in [-0.25, -0.2) is 23.5 Å². The van der Waals surface area contributed by atoms with E-state index in [9.17, 15) is 13.6 Å². The van der Waals surface area contributed by atoms with Crippen molar-refractivity contribution in [1.82, 2.24) is 19.4 Å². The molecule has 12 heteroatoms. The Hall–Kier alpha value is -4.60. The molecule has 2 aromatic carbocycles. The van der Waals surface area contributed by atoms with Gasteiger partial charge in [0.15, 0.2) is 11.6 Å². The lowest BCUT2D eigenvalue weighted by atomic mass is 10.1. The molecule has 4 heterocycles. The number of esters is 1. The van der Waals surface area contributed by atoms with Crippen LogP contribution in [0.25, 0.3) is 11.0 Å². The summed E-state index contributed by atoms with van der Waals surface area (Å²) in [6.07, 6.45) is 2.46. The number of halogens is 2. The van der Waals surface area contributed by atoms with Gasteiger partial charge in [0.1, 0.15) is 30.0 Å². The van der Waals surface area contributed by atoms with Gasteiger partial charge in [-0.15, -0.1) is 0 Å². The molecule has 0 N–H and O–H groups in total. The fraction of sp³-hybridized carbons (Fsp3) is 0.375. The highest BCUT2D eigenvalue weighted by molar-refractivity contribution is 5.93. The first kappa shape index (κ1) is 29.5. The average Bonchev–Trinajstić information content (AvgIpc) is 3.35. The summed E-state index contributed by atoms with van der Waals surface area (Å²) < 4.78 is 52.9. The number of fused-ring (bicyclic) bond motifs is 1. The molecule has 0 aliphatic carbocycles. The first-order valence-electron chi connectivity index (χ1n) is 14.5. The maximum Gasteiger partial charge on any atom is 0.337 e. The summed E-state index contributed by atoms with van der Waals surface area (Å²) in [6, 6.07) is 13.8. The minimum Gasteiger partial charge on any atom is -0.484 e. The number of hydrogen-bond acceptors (Lipinski definition) is 9. The van der Waals surface area contributed by atoms with Crippen LogP contribution in [0.3, 0.4) is 0 Å². The van der Waals surface area contributed by atoms with E-state index in [1.165, 1.54) is 31.4 Å². The Morgan fingerprint density at radius 2 is 1.89 bits per heavy atom. The zero-order valence-electron chi connectivity index (χ0n) is 24.2. The lowest BCUT2D eigenvalue weighted by Gasteiger charge is -2.32. The fourth-order valence-electron chi connectivity index (χ4n) is 5.39. The number of carbonyl (C=O) groups excluding carboxylic acids is 1. The van der Waals surface area contributed by atoms with E-state index in [2.05, 4.69) is 14.5 Å². The Balaban J connectivity index is 1.08. The van der Waals surface area contributed by atoms with Crippen molar-refractivity contribution in [2.75, 3.05) is 26.8 Å². The van der Waals surface area contributed by atoms with Crippen LogP contribution in [0.2, 0.25) is 0 Å². The average molecular weight is 604 g/mol. The standard InChI is InChI=1S/C32H31F2N5O5/c1-41-32(40)21-3-5-26-28(15-21)39(17-23-10-13-42-23)30(36-26)18-38-11-8-22(9-12-38)44-31-7-4-24(33)27(37-31)19-43-29-6-2-20(16-35)14-25(29)34/h2-7,14-15,22-23H,8-13,17-19H2,1H3. The molecule has 6 rings (SSSR count). The Morgan fingerprint density at radius 3 is 2.59 bits per heavy atom. The normalized spacial score (nSPS) is 17.2. The monoisotopic (exact) mass is 603 g/mol. The summed E-state index contributed by atoms with van der Waals surface area (Å²) in [7, 11) is 1.37. The molecule has 0 radical (unpaired) electrons. The number of imidazole rings is 1. The van der Waals surface area contributed by atoms with Crippen molar-refractivity contribution >= 4 is 17.0 Å². The first-order valence-corrected chi connectivity index (χ1v) is 14.5. The molecule has 44 heavy (non-hydrogen) atoms. The third kappa shape index (κ3) is 6.49. The number of carbonyl (C=O) groups is 1. The van der Waals surface area contributed by atoms with Gasteiger partial charge in [-0.2, -0.15) is 5.26 Å². The highest BCUT2D eigenvalue weighted by Gasteiger charge is 2.26. The van der Waals surface area contributed by atoms with Crippen molar-refractivity contribution < 1.29 is 32.5 Å². The van der Waals surface area contributed by atoms with Gasteiger partial charge in [0, 0.05) is 25.8 Å². The Labute approximate surface area is 252 Å². The molecule has 0 saturated carbocycles. The molecule has 1 unspecified atom stereocenters. The van der Waals surface area contributed by atoms with Crippen molar-refractivity contribution in [2.24, 2.45) is 0 Å². The molecular formula is C32H31F2N5O5. The number of aromatic nitrogens is 3. The molecule has 2 fully saturated rings. The van der Waals surface area contributed by atoms with Crippen molar-refractivity contribution in [1.29, 1.82) is 5.26 Å². The van der Waals surface area contributed by atoms with E-state index in [1.807, 2.05) is 18.2 Å². The van der Waals surface area contributed by atoms with Gasteiger partial charge in [0.05, 0.1) is 54.5 Å². The Bertz CT molecular complexity index is 1710. The summed E-state index contributed by atoms with van der Waals surface area (Å²) >= 11 is 0. The van der Waals surface area contributed by atoms with E-state index in [1.54, 1.807) is 6.07 Å². The van der Waals surface area contributed by atoms with Crippen molar-refractivity contribution in [3.8, 4) is 17.7 Å². The zero-order chi connectivity index (χ0) is 30.6. The maximum atomic E-state index is 14.4. The van der Waals surface area contributed by atoms with Gasteiger partial charge < -0.3 is 23.5 Å². The summed E-state index contributed by atoms with van der Waals surface area (Å²) in [5.74, 6) is -0.607. The Morgan fingerprint density at radius 1 is 1.07 bits per heavy atom. The number of rotatable bonds is 10. The largest absolute Gasteiger partial charge is 0.484 e. The van der Waals surface area contributed by atoms with Crippen molar-refractivity contribution in [3.63, 3.8) is 0 Å². The van der Waals surface area contributed by atoms with Gasteiger partial charge in [-0.1, -0.05) is 0 Å². The predicted octanol–water partition coefficient (Wildman–Crippen LogP) is 4.78. The van der Waals surface area contributed by atoms with Crippen LogP contribution in [0, 0.1) is 23.0 Å². The van der Waals surface area contributed by atoms with Crippen LogP contribution < -0.4 is 9.47 Å². The summed E-state index contributed by atoms with van der Waals surface area (Å²) in [5, 5.41) is 8.90.